The molecule has 0 unspecified atom stereocenters. The lowest BCUT2D eigenvalue weighted by Gasteiger charge is -2.18. The summed E-state index contributed by atoms with van der Waals surface area (Å²) in [6, 6.07) is 7.05. The van der Waals surface area contributed by atoms with Crippen LogP contribution in [0.25, 0.3) is 0 Å². The van der Waals surface area contributed by atoms with Crippen molar-refractivity contribution in [2.24, 2.45) is 0 Å². The zero-order valence-electron chi connectivity index (χ0n) is 18.6. The number of benzene rings is 1. The van der Waals surface area contributed by atoms with Gasteiger partial charge in [0.25, 0.3) is 5.56 Å². The maximum atomic E-state index is 12.6. The predicted molar refractivity (Wildman–Crippen MR) is 124 cm³/mol. The average Bonchev–Trinajstić information content (AvgIpc) is 3.29. The van der Waals surface area contributed by atoms with Crippen LogP contribution in [0.5, 0.6) is 17.2 Å². The van der Waals surface area contributed by atoms with E-state index in [2.05, 4.69) is 11.8 Å². The first-order valence-corrected chi connectivity index (χ1v) is 11.5. The Balaban J connectivity index is 1.67. The van der Waals surface area contributed by atoms with Gasteiger partial charge >= 0.3 is 0 Å². The van der Waals surface area contributed by atoms with Gasteiger partial charge in [0.1, 0.15) is 12.4 Å². The molecule has 0 bridgehead atoms. The molecule has 6 nitrogen and oxygen atoms in total. The normalized spacial score (nSPS) is 14.0. The van der Waals surface area contributed by atoms with Crippen molar-refractivity contribution < 1.29 is 14.2 Å². The van der Waals surface area contributed by atoms with Gasteiger partial charge in [-0.25, -0.2) is 0 Å². The van der Waals surface area contributed by atoms with Crippen LogP contribution in [0.4, 0.5) is 0 Å². The molecule has 0 amide bonds. The van der Waals surface area contributed by atoms with E-state index in [1.54, 1.807) is 17.9 Å². The van der Waals surface area contributed by atoms with Crippen molar-refractivity contribution in [3.05, 3.63) is 51.4 Å². The van der Waals surface area contributed by atoms with Gasteiger partial charge in [-0.3, -0.25) is 9.69 Å². The van der Waals surface area contributed by atoms with Crippen LogP contribution in [0.1, 0.15) is 44.6 Å². The van der Waals surface area contributed by atoms with Crippen LogP contribution in [0.15, 0.2) is 35.3 Å². The molecule has 0 spiro atoms. The number of nitrogens with zero attached hydrogens (tertiary/aromatic N) is 2. The minimum atomic E-state index is -0.128. The van der Waals surface area contributed by atoms with Gasteiger partial charge in [0.2, 0.25) is 0 Å². The first kappa shape index (κ1) is 23.5. The summed E-state index contributed by atoms with van der Waals surface area (Å²) in [6.07, 6.45) is 7.48. The van der Waals surface area contributed by atoms with Crippen LogP contribution >= 0.6 is 11.6 Å². The fraction of sp³-hybridized carbons (Fsp3) is 0.542. The second-order valence-electron chi connectivity index (χ2n) is 7.85. The molecule has 3 rings (SSSR count). The van der Waals surface area contributed by atoms with Gasteiger partial charge < -0.3 is 18.8 Å². The van der Waals surface area contributed by atoms with Gasteiger partial charge in [0.05, 0.1) is 25.3 Å². The number of likely N-dealkylation sites (tertiary alicyclic amines) is 1. The van der Waals surface area contributed by atoms with E-state index in [1.165, 1.54) is 18.9 Å². The van der Waals surface area contributed by atoms with Crippen molar-refractivity contribution in [2.45, 2.75) is 45.6 Å². The van der Waals surface area contributed by atoms with Crippen molar-refractivity contribution in [1.29, 1.82) is 0 Å². The average molecular weight is 449 g/mol. The first-order chi connectivity index (χ1) is 15.1. The van der Waals surface area contributed by atoms with Gasteiger partial charge in [0, 0.05) is 18.8 Å². The summed E-state index contributed by atoms with van der Waals surface area (Å²) in [4.78, 5) is 14.9. The summed E-state index contributed by atoms with van der Waals surface area (Å²) in [5, 5.41) is 0.479. The molecule has 1 fully saturated rings. The number of unbranched alkanes of at least 4 members (excludes halogenated alkanes) is 2. The van der Waals surface area contributed by atoms with E-state index in [4.69, 9.17) is 25.8 Å². The zero-order chi connectivity index (χ0) is 22.1. The summed E-state index contributed by atoms with van der Waals surface area (Å²) in [7, 11) is 1.60. The van der Waals surface area contributed by atoms with Crippen molar-refractivity contribution in [3.8, 4) is 17.2 Å². The molecule has 0 aliphatic carbocycles. The van der Waals surface area contributed by atoms with Crippen LogP contribution in [0.2, 0.25) is 5.02 Å². The fourth-order valence-electron chi connectivity index (χ4n) is 3.72. The minimum absolute atomic E-state index is 0.128. The highest BCUT2D eigenvalue weighted by molar-refractivity contribution is 6.33. The van der Waals surface area contributed by atoms with Gasteiger partial charge in [-0.05, 0) is 50.0 Å². The molecule has 0 N–H and O–H groups in total. The molecule has 0 radical (unpaired) electrons. The largest absolute Gasteiger partial charge is 0.493 e. The van der Waals surface area contributed by atoms with Crippen molar-refractivity contribution in [1.82, 2.24) is 9.47 Å². The van der Waals surface area contributed by atoms with E-state index in [-0.39, 0.29) is 5.56 Å². The molecule has 1 aliphatic rings. The number of methoxy groups -OCH3 is 1. The number of ether oxygens (including phenoxy) is 3. The number of rotatable bonds is 12. The van der Waals surface area contributed by atoms with Gasteiger partial charge in [0.15, 0.2) is 11.5 Å². The smallest absolute Gasteiger partial charge is 0.254 e. The predicted octanol–water partition coefficient (Wildman–Crippen LogP) is 4.60. The summed E-state index contributed by atoms with van der Waals surface area (Å²) in [5.74, 6) is 1.73. The Bertz CT molecular complexity index is 894. The number of pyridine rings is 1. The van der Waals surface area contributed by atoms with E-state index < -0.39 is 0 Å². The maximum Gasteiger partial charge on any atom is 0.254 e. The lowest BCUT2D eigenvalue weighted by atomic mass is 10.2. The third-order valence-corrected chi connectivity index (χ3v) is 5.95. The van der Waals surface area contributed by atoms with Gasteiger partial charge in [-0.2, -0.15) is 0 Å². The topological polar surface area (TPSA) is 52.9 Å². The Morgan fingerprint density at radius 3 is 2.58 bits per heavy atom. The highest BCUT2D eigenvalue weighted by atomic mass is 35.5. The van der Waals surface area contributed by atoms with Gasteiger partial charge in [-0.1, -0.05) is 37.4 Å². The molecule has 1 aliphatic heterocycles. The van der Waals surface area contributed by atoms with Crippen molar-refractivity contribution in [2.75, 3.05) is 40.0 Å². The molecule has 170 valence electrons. The Kier molecular flexibility index (Phi) is 9.10. The molecule has 1 saturated heterocycles. The highest BCUT2D eigenvalue weighted by Gasteiger charge is 2.16. The molecule has 31 heavy (non-hydrogen) atoms. The van der Waals surface area contributed by atoms with E-state index in [0.717, 1.165) is 44.5 Å². The van der Waals surface area contributed by atoms with E-state index >= 15 is 0 Å². The molecule has 0 saturated carbocycles. The van der Waals surface area contributed by atoms with E-state index in [0.29, 0.717) is 42.0 Å². The van der Waals surface area contributed by atoms with Gasteiger partial charge in [-0.15, -0.1) is 0 Å². The maximum absolute atomic E-state index is 12.6. The summed E-state index contributed by atoms with van der Waals surface area (Å²) >= 11 is 6.66. The SMILES string of the molecule is CCCCCOc1ccn(Cc2ccc(OC)c(OCCN3CCCC3)c2Cl)c(=O)c1. The van der Waals surface area contributed by atoms with Crippen LogP contribution in [-0.2, 0) is 6.54 Å². The first-order valence-electron chi connectivity index (χ1n) is 11.2. The minimum Gasteiger partial charge on any atom is -0.493 e. The molecular formula is C24H33ClN2O4. The lowest BCUT2D eigenvalue weighted by molar-refractivity contribution is 0.230. The van der Waals surface area contributed by atoms with E-state index in [9.17, 15) is 4.79 Å². The standard InChI is InChI=1S/C24H33ClN2O4/c1-3-4-7-15-30-20-10-13-27(22(28)17-20)18-19-8-9-21(29-2)24(23(19)25)31-16-14-26-11-5-6-12-26/h8-10,13,17H,3-7,11-12,14-16,18H2,1-2H3. The van der Waals surface area contributed by atoms with Crippen LogP contribution < -0.4 is 19.8 Å². The molecule has 1 aromatic carbocycles. The lowest BCUT2D eigenvalue weighted by Crippen LogP contribution is -2.25. The molecule has 1 aromatic heterocycles. The highest BCUT2D eigenvalue weighted by Crippen LogP contribution is 2.38. The second kappa shape index (κ2) is 12.0. The number of aromatic nitrogens is 1. The second-order valence-corrected chi connectivity index (χ2v) is 8.23. The number of hydrogen-bond donors (Lipinski definition) is 0. The summed E-state index contributed by atoms with van der Waals surface area (Å²) in [6.45, 7) is 6.77. The summed E-state index contributed by atoms with van der Waals surface area (Å²) in [5.41, 5.74) is 0.675. The van der Waals surface area contributed by atoms with Crippen LogP contribution in [0.3, 0.4) is 0 Å². The molecule has 0 atom stereocenters. The number of hydrogen-bond acceptors (Lipinski definition) is 5. The van der Waals surface area contributed by atoms with Crippen LogP contribution in [0, 0.1) is 0 Å². The fourth-order valence-corrected chi connectivity index (χ4v) is 3.99. The summed E-state index contributed by atoms with van der Waals surface area (Å²) < 4.78 is 18.7. The Hall–Kier alpha value is -2.18. The molecular weight excluding hydrogens is 416 g/mol. The molecule has 7 heteroatoms. The Morgan fingerprint density at radius 2 is 1.87 bits per heavy atom. The zero-order valence-corrected chi connectivity index (χ0v) is 19.3. The van der Waals surface area contributed by atoms with Crippen molar-refractivity contribution in [3.63, 3.8) is 0 Å². The Morgan fingerprint density at radius 1 is 1.06 bits per heavy atom. The Labute approximate surface area is 189 Å². The van der Waals surface area contributed by atoms with E-state index in [1.807, 2.05) is 18.2 Å². The molecule has 2 heterocycles. The van der Waals surface area contributed by atoms with Crippen molar-refractivity contribution >= 4 is 11.6 Å². The third-order valence-electron chi connectivity index (χ3n) is 5.54. The third kappa shape index (κ3) is 6.65. The number of halogens is 1. The quantitative estimate of drug-likeness (QED) is 0.444. The van der Waals surface area contributed by atoms with Crippen LogP contribution in [-0.4, -0.2) is 49.4 Å². The molecule has 2 aromatic rings. The monoisotopic (exact) mass is 448 g/mol.